The van der Waals surface area contributed by atoms with Crippen LogP contribution >= 0.6 is 0 Å². The molecular weight excluding hydrogens is 290 g/mol. The van der Waals surface area contributed by atoms with Gasteiger partial charge in [0, 0.05) is 12.6 Å². The summed E-state index contributed by atoms with van der Waals surface area (Å²) in [4.78, 5) is 10.9. The maximum atomic E-state index is 5.92. The summed E-state index contributed by atoms with van der Waals surface area (Å²) < 4.78 is 1.95. The molecule has 1 saturated heterocycles. The summed E-state index contributed by atoms with van der Waals surface area (Å²) in [6.45, 7) is 10.1. The number of rotatable bonds is 4. The first kappa shape index (κ1) is 17.6. The van der Waals surface area contributed by atoms with Gasteiger partial charge in [-0.2, -0.15) is 5.10 Å². The van der Waals surface area contributed by atoms with E-state index < -0.39 is 0 Å². The van der Waals surface area contributed by atoms with E-state index in [4.69, 9.17) is 5.73 Å². The maximum Gasteiger partial charge on any atom is 0.163 e. The summed E-state index contributed by atoms with van der Waals surface area (Å²) in [7, 11) is 2.04. The van der Waals surface area contributed by atoms with Gasteiger partial charge in [0.25, 0.3) is 0 Å². The number of hydrogen-bond donors (Lipinski definition) is 2. The maximum absolute atomic E-state index is 5.92. The quantitative estimate of drug-likeness (QED) is 0.887. The molecule has 0 saturated carbocycles. The SMILES string of the molecule is CC.CNC1CCN(CCn2nc(C)c3c(N)ncnc32)CC1. The predicted molar refractivity (Wildman–Crippen MR) is 94.3 cm³/mol. The van der Waals surface area contributed by atoms with Crippen molar-refractivity contribution in [3.05, 3.63) is 12.0 Å². The fourth-order valence-corrected chi connectivity index (χ4v) is 3.05. The molecule has 3 rings (SSSR count). The van der Waals surface area contributed by atoms with Crippen molar-refractivity contribution in [2.75, 3.05) is 32.4 Å². The van der Waals surface area contributed by atoms with E-state index in [0.29, 0.717) is 11.9 Å². The minimum Gasteiger partial charge on any atom is -0.383 e. The topological polar surface area (TPSA) is 84.9 Å². The Balaban J connectivity index is 0.000000924. The predicted octanol–water partition coefficient (Wildman–Crippen LogP) is 1.43. The minimum absolute atomic E-state index is 0.513. The summed E-state index contributed by atoms with van der Waals surface area (Å²) in [6.07, 6.45) is 3.93. The highest BCUT2D eigenvalue weighted by Crippen LogP contribution is 2.20. The molecule has 23 heavy (non-hydrogen) atoms. The Kier molecular flexibility index (Phi) is 6.29. The fourth-order valence-electron chi connectivity index (χ4n) is 3.05. The van der Waals surface area contributed by atoms with Gasteiger partial charge in [0.1, 0.15) is 12.1 Å². The molecule has 0 radical (unpaired) electrons. The van der Waals surface area contributed by atoms with Crippen molar-refractivity contribution in [1.29, 1.82) is 0 Å². The third-order valence-electron chi connectivity index (χ3n) is 4.36. The van der Waals surface area contributed by atoms with Crippen molar-refractivity contribution in [1.82, 2.24) is 30.0 Å². The van der Waals surface area contributed by atoms with Gasteiger partial charge in [0.05, 0.1) is 17.6 Å². The zero-order valence-corrected chi connectivity index (χ0v) is 14.7. The Morgan fingerprint density at radius 3 is 2.57 bits per heavy atom. The van der Waals surface area contributed by atoms with Crippen LogP contribution in [0.1, 0.15) is 32.4 Å². The lowest BCUT2D eigenvalue weighted by molar-refractivity contribution is 0.194. The Labute approximate surface area is 138 Å². The van der Waals surface area contributed by atoms with E-state index in [-0.39, 0.29) is 0 Å². The fraction of sp³-hybridized carbons (Fsp3) is 0.688. The molecular formula is C16H29N7. The molecule has 0 aliphatic carbocycles. The van der Waals surface area contributed by atoms with Crippen LogP contribution in [0.2, 0.25) is 0 Å². The lowest BCUT2D eigenvalue weighted by Crippen LogP contribution is -2.42. The van der Waals surface area contributed by atoms with Crippen LogP contribution in [0.3, 0.4) is 0 Å². The van der Waals surface area contributed by atoms with Crippen LogP contribution in [-0.2, 0) is 6.54 Å². The molecule has 7 nitrogen and oxygen atoms in total. The highest BCUT2D eigenvalue weighted by atomic mass is 15.3. The van der Waals surface area contributed by atoms with E-state index in [2.05, 4.69) is 25.3 Å². The number of nitrogens with one attached hydrogen (secondary N) is 1. The highest BCUT2D eigenvalue weighted by molar-refractivity contribution is 5.87. The van der Waals surface area contributed by atoms with Crippen molar-refractivity contribution in [2.24, 2.45) is 0 Å². The molecule has 0 amide bonds. The van der Waals surface area contributed by atoms with E-state index in [1.807, 2.05) is 32.5 Å². The molecule has 3 heterocycles. The van der Waals surface area contributed by atoms with Crippen LogP contribution in [0.25, 0.3) is 11.0 Å². The monoisotopic (exact) mass is 319 g/mol. The molecule has 0 atom stereocenters. The Morgan fingerprint density at radius 2 is 1.91 bits per heavy atom. The summed E-state index contributed by atoms with van der Waals surface area (Å²) in [5.74, 6) is 0.513. The van der Waals surface area contributed by atoms with E-state index in [1.54, 1.807) is 0 Å². The molecule has 1 fully saturated rings. The van der Waals surface area contributed by atoms with Gasteiger partial charge in [0.2, 0.25) is 0 Å². The molecule has 0 aromatic carbocycles. The van der Waals surface area contributed by atoms with Crippen LogP contribution in [0, 0.1) is 6.92 Å². The molecule has 1 aliphatic rings. The number of likely N-dealkylation sites (tertiary alicyclic amines) is 1. The van der Waals surface area contributed by atoms with Crippen molar-refractivity contribution >= 4 is 16.9 Å². The molecule has 7 heteroatoms. The summed E-state index contributed by atoms with van der Waals surface area (Å²) >= 11 is 0. The number of nitrogens with two attached hydrogens (primary N) is 1. The Hall–Kier alpha value is -1.73. The van der Waals surface area contributed by atoms with Gasteiger partial charge in [-0.1, -0.05) is 13.8 Å². The number of aryl methyl sites for hydroxylation is 1. The molecule has 0 bridgehead atoms. The number of hydrogen-bond acceptors (Lipinski definition) is 6. The van der Waals surface area contributed by atoms with E-state index >= 15 is 0 Å². The van der Waals surface area contributed by atoms with E-state index in [1.165, 1.54) is 19.2 Å². The van der Waals surface area contributed by atoms with Gasteiger partial charge in [-0.3, -0.25) is 0 Å². The smallest absolute Gasteiger partial charge is 0.163 e. The Morgan fingerprint density at radius 1 is 1.22 bits per heavy atom. The molecule has 0 unspecified atom stereocenters. The first-order valence-electron chi connectivity index (χ1n) is 8.52. The second kappa shape index (κ2) is 8.21. The third-order valence-corrected chi connectivity index (χ3v) is 4.36. The number of aromatic nitrogens is 4. The second-order valence-electron chi connectivity index (χ2n) is 5.67. The van der Waals surface area contributed by atoms with Gasteiger partial charge < -0.3 is 16.0 Å². The van der Waals surface area contributed by atoms with Gasteiger partial charge >= 0.3 is 0 Å². The van der Waals surface area contributed by atoms with E-state index in [0.717, 1.165) is 42.9 Å². The lowest BCUT2D eigenvalue weighted by Gasteiger charge is -2.31. The lowest BCUT2D eigenvalue weighted by atomic mass is 10.1. The molecule has 2 aromatic rings. The number of nitrogen functional groups attached to an aromatic ring is 1. The van der Waals surface area contributed by atoms with E-state index in [9.17, 15) is 0 Å². The van der Waals surface area contributed by atoms with Gasteiger partial charge in [0.15, 0.2) is 5.65 Å². The van der Waals surface area contributed by atoms with Crippen LogP contribution in [0.15, 0.2) is 6.33 Å². The average molecular weight is 319 g/mol. The normalized spacial score (nSPS) is 16.3. The molecule has 0 spiro atoms. The van der Waals surface area contributed by atoms with Crippen molar-refractivity contribution < 1.29 is 0 Å². The summed E-state index contributed by atoms with van der Waals surface area (Å²) in [5, 5.41) is 8.80. The minimum atomic E-state index is 0.513. The number of anilines is 1. The Bertz CT molecular complexity index is 614. The first-order valence-corrected chi connectivity index (χ1v) is 8.52. The molecule has 3 N–H and O–H groups in total. The largest absolute Gasteiger partial charge is 0.383 e. The third kappa shape index (κ3) is 3.97. The van der Waals surface area contributed by atoms with Crippen LogP contribution in [-0.4, -0.2) is 57.4 Å². The first-order chi connectivity index (χ1) is 11.2. The zero-order valence-electron chi connectivity index (χ0n) is 14.7. The van der Waals surface area contributed by atoms with Gasteiger partial charge in [-0.05, 0) is 39.9 Å². The summed E-state index contributed by atoms with van der Waals surface area (Å²) in [6, 6.07) is 0.668. The standard InChI is InChI=1S/C14H23N7.C2H6/c1-10-12-13(15)17-9-18-14(12)21(19-10)8-7-20-5-3-11(16-2)4-6-20;1-2/h9,11,16H,3-8H2,1-2H3,(H2,15,17,18);1-2H3. The number of fused-ring (bicyclic) bond motifs is 1. The van der Waals surface area contributed by atoms with Crippen LogP contribution < -0.4 is 11.1 Å². The van der Waals surface area contributed by atoms with Crippen LogP contribution in [0.4, 0.5) is 5.82 Å². The number of piperidine rings is 1. The highest BCUT2D eigenvalue weighted by Gasteiger charge is 2.18. The van der Waals surface area contributed by atoms with Gasteiger partial charge in [-0.15, -0.1) is 0 Å². The van der Waals surface area contributed by atoms with Crippen LogP contribution in [0.5, 0.6) is 0 Å². The average Bonchev–Trinajstić information content (AvgIpc) is 2.92. The summed E-state index contributed by atoms with van der Waals surface area (Å²) in [5.41, 5.74) is 7.66. The molecule has 128 valence electrons. The zero-order chi connectivity index (χ0) is 16.8. The second-order valence-corrected chi connectivity index (χ2v) is 5.67. The van der Waals surface area contributed by atoms with Crippen molar-refractivity contribution in [3.63, 3.8) is 0 Å². The number of nitrogens with zero attached hydrogens (tertiary/aromatic N) is 5. The van der Waals surface area contributed by atoms with Crippen molar-refractivity contribution in [2.45, 2.75) is 46.2 Å². The van der Waals surface area contributed by atoms with Crippen molar-refractivity contribution in [3.8, 4) is 0 Å². The molecule has 2 aromatic heterocycles. The molecule has 1 aliphatic heterocycles. The van der Waals surface area contributed by atoms with Gasteiger partial charge in [-0.25, -0.2) is 14.6 Å².